The Hall–Kier alpha value is -0.610. The molecule has 0 saturated heterocycles. The highest BCUT2D eigenvalue weighted by atomic mass is 32.2. The number of methoxy groups -OCH3 is 1. The van der Waals surface area contributed by atoms with Crippen LogP contribution in [0, 0.1) is 0 Å². The molecule has 0 aliphatic carbocycles. The van der Waals surface area contributed by atoms with Crippen LogP contribution in [0.1, 0.15) is 6.42 Å². The van der Waals surface area contributed by atoms with Gasteiger partial charge < -0.3 is 4.74 Å². The molecule has 1 aliphatic rings. The van der Waals surface area contributed by atoms with Gasteiger partial charge >= 0.3 is 0 Å². The van der Waals surface area contributed by atoms with Crippen molar-refractivity contribution < 1.29 is 4.74 Å². The second kappa shape index (κ2) is 5.47. The number of benzene rings is 1. The van der Waals surface area contributed by atoms with Crippen molar-refractivity contribution >= 4 is 27.9 Å². The Kier molecular flexibility index (Phi) is 3.97. The van der Waals surface area contributed by atoms with Crippen LogP contribution in [-0.4, -0.2) is 23.8 Å². The third-order valence-electron chi connectivity index (χ3n) is 2.03. The lowest BCUT2D eigenvalue weighted by molar-refractivity contribution is 0.414. The van der Waals surface area contributed by atoms with Crippen molar-refractivity contribution in [1.29, 1.82) is 0 Å². The smallest absolute Gasteiger partial charge is 0.129 e. The van der Waals surface area contributed by atoms with Gasteiger partial charge in [0, 0.05) is 17.2 Å². The first-order valence-electron chi connectivity index (χ1n) is 4.87. The largest absolute Gasteiger partial charge is 0.497 e. The van der Waals surface area contributed by atoms with Gasteiger partial charge in [-0.3, -0.25) is 4.99 Å². The summed E-state index contributed by atoms with van der Waals surface area (Å²) in [6.45, 7) is 0.978. The topological polar surface area (TPSA) is 21.6 Å². The Bertz CT molecular complexity index is 348. The van der Waals surface area contributed by atoms with E-state index in [1.807, 2.05) is 23.9 Å². The van der Waals surface area contributed by atoms with E-state index in [4.69, 9.17) is 4.74 Å². The van der Waals surface area contributed by atoms with Crippen LogP contribution in [0.4, 0.5) is 0 Å². The van der Waals surface area contributed by atoms with Crippen LogP contribution in [-0.2, 0) is 0 Å². The molecule has 0 unspecified atom stereocenters. The van der Waals surface area contributed by atoms with Crippen LogP contribution in [0.3, 0.4) is 0 Å². The maximum absolute atomic E-state index is 5.11. The summed E-state index contributed by atoms with van der Waals surface area (Å²) >= 11 is 3.59. The third-order valence-corrected chi connectivity index (χ3v) is 4.32. The van der Waals surface area contributed by atoms with E-state index >= 15 is 0 Å². The van der Waals surface area contributed by atoms with E-state index in [-0.39, 0.29) is 0 Å². The number of nitrogens with zero attached hydrogens (tertiary/aromatic N) is 1. The summed E-state index contributed by atoms with van der Waals surface area (Å²) in [6.07, 6.45) is 1.21. The highest BCUT2D eigenvalue weighted by molar-refractivity contribution is 8.38. The molecule has 2 nitrogen and oxygen atoms in total. The van der Waals surface area contributed by atoms with Crippen molar-refractivity contribution in [2.75, 3.05) is 19.4 Å². The van der Waals surface area contributed by atoms with E-state index in [0.717, 1.165) is 12.3 Å². The molecule has 15 heavy (non-hydrogen) atoms. The molecular weight excluding hydrogens is 226 g/mol. The van der Waals surface area contributed by atoms with Crippen molar-refractivity contribution in [3.05, 3.63) is 24.3 Å². The van der Waals surface area contributed by atoms with Crippen molar-refractivity contribution in [3.63, 3.8) is 0 Å². The van der Waals surface area contributed by atoms with Crippen molar-refractivity contribution in [3.8, 4) is 5.75 Å². The first-order chi connectivity index (χ1) is 7.38. The monoisotopic (exact) mass is 239 g/mol. The van der Waals surface area contributed by atoms with Crippen LogP contribution in [0.25, 0.3) is 0 Å². The average molecular weight is 239 g/mol. The summed E-state index contributed by atoms with van der Waals surface area (Å²) in [6, 6.07) is 8.11. The number of hydrogen-bond acceptors (Lipinski definition) is 4. The van der Waals surface area contributed by atoms with Gasteiger partial charge in [-0.1, -0.05) is 23.5 Å². The van der Waals surface area contributed by atoms with Crippen LogP contribution >= 0.6 is 23.5 Å². The molecule has 0 N–H and O–H groups in total. The first-order valence-corrected chi connectivity index (χ1v) is 6.68. The van der Waals surface area contributed by atoms with Gasteiger partial charge in [0.05, 0.1) is 7.11 Å². The molecule has 1 aromatic carbocycles. The fourth-order valence-electron chi connectivity index (χ4n) is 1.25. The maximum Gasteiger partial charge on any atom is 0.129 e. The summed E-state index contributed by atoms with van der Waals surface area (Å²) in [7, 11) is 1.68. The number of ether oxygens (including phenoxy) is 1. The number of thioether (sulfide) groups is 2. The Morgan fingerprint density at radius 3 is 2.73 bits per heavy atom. The highest BCUT2D eigenvalue weighted by Gasteiger charge is 2.07. The van der Waals surface area contributed by atoms with Gasteiger partial charge in [-0.05, 0) is 30.7 Å². The van der Waals surface area contributed by atoms with Gasteiger partial charge in [-0.2, -0.15) is 0 Å². The van der Waals surface area contributed by atoms with E-state index in [2.05, 4.69) is 17.1 Å². The van der Waals surface area contributed by atoms with E-state index in [9.17, 15) is 0 Å². The molecule has 4 heteroatoms. The summed E-state index contributed by atoms with van der Waals surface area (Å²) in [5, 5.41) is 0. The fourth-order valence-corrected chi connectivity index (χ4v) is 3.28. The Balaban J connectivity index is 2.00. The standard InChI is InChI=1S/C11H13NOS2/c1-13-9-3-5-10(6-4-9)15-11-12-7-2-8-14-11/h3-6H,2,7-8H2,1H3. The van der Waals surface area contributed by atoms with Crippen LogP contribution in [0.2, 0.25) is 0 Å². The van der Waals surface area contributed by atoms with Gasteiger partial charge in [0.15, 0.2) is 0 Å². The normalized spacial score (nSPS) is 15.9. The van der Waals surface area contributed by atoms with Crippen molar-refractivity contribution in [2.45, 2.75) is 11.3 Å². The van der Waals surface area contributed by atoms with Crippen LogP contribution in [0.5, 0.6) is 5.75 Å². The molecule has 0 saturated carbocycles. The van der Waals surface area contributed by atoms with Gasteiger partial charge in [-0.25, -0.2) is 0 Å². The molecule has 1 aromatic rings. The molecule has 0 fully saturated rings. The molecule has 0 spiro atoms. The van der Waals surface area contributed by atoms with E-state index in [1.54, 1.807) is 18.9 Å². The second-order valence-corrected chi connectivity index (χ2v) is 5.53. The Morgan fingerprint density at radius 1 is 1.33 bits per heavy atom. The third kappa shape index (κ3) is 3.18. The zero-order valence-electron chi connectivity index (χ0n) is 8.60. The summed E-state index contributed by atoms with van der Waals surface area (Å²) in [5.41, 5.74) is 0. The minimum atomic E-state index is 0.901. The summed E-state index contributed by atoms with van der Waals surface area (Å²) < 4.78 is 6.30. The molecule has 2 rings (SSSR count). The Labute approximate surface area is 98.5 Å². The summed E-state index contributed by atoms with van der Waals surface area (Å²) in [5.74, 6) is 2.10. The minimum Gasteiger partial charge on any atom is -0.497 e. The maximum atomic E-state index is 5.11. The predicted molar refractivity (Wildman–Crippen MR) is 68.2 cm³/mol. The zero-order chi connectivity index (χ0) is 10.5. The molecule has 0 atom stereocenters. The number of hydrogen-bond donors (Lipinski definition) is 0. The molecule has 0 aromatic heterocycles. The van der Waals surface area contributed by atoms with Crippen molar-refractivity contribution in [1.82, 2.24) is 0 Å². The zero-order valence-corrected chi connectivity index (χ0v) is 10.2. The van der Waals surface area contributed by atoms with E-state index in [1.165, 1.54) is 21.4 Å². The predicted octanol–water partition coefficient (Wildman–Crippen LogP) is 3.28. The quantitative estimate of drug-likeness (QED) is 0.790. The van der Waals surface area contributed by atoms with Gasteiger partial charge in [-0.15, -0.1) is 0 Å². The number of rotatable bonds is 2. The molecule has 0 radical (unpaired) electrons. The minimum absolute atomic E-state index is 0.901. The molecular formula is C11H13NOS2. The molecule has 0 amide bonds. The highest BCUT2D eigenvalue weighted by Crippen LogP contribution is 2.29. The lowest BCUT2D eigenvalue weighted by Gasteiger charge is -2.10. The molecule has 1 heterocycles. The fraction of sp³-hybridized carbons (Fsp3) is 0.364. The molecule has 80 valence electrons. The molecule has 1 aliphatic heterocycles. The second-order valence-electron chi connectivity index (χ2n) is 3.13. The lowest BCUT2D eigenvalue weighted by atomic mass is 10.3. The number of aliphatic imine (C=N–C) groups is 1. The van der Waals surface area contributed by atoms with Gasteiger partial charge in [0.2, 0.25) is 0 Å². The average Bonchev–Trinajstić information content (AvgIpc) is 2.31. The first kappa shape index (κ1) is 10.9. The lowest BCUT2D eigenvalue weighted by Crippen LogP contribution is -1.99. The van der Waals surface area contributed by atoms with Gasteiger partial charge in [0.1, 0.15) is 10.1 Å². The van der Waals surface area contributed by atoms with E-state index in [0.29, 0.717) is 0 Å². The molecule has 0 bridgehead atoms. The van der Waals surface area contributed by atoms with Crippen LogP contribution in [0.15, 0.2) is 34.2 Å². The SMILES string of the molecule is COc1ccc(SC2=NCCCS2)cc1. The Morgan fingerprint density at radius 2 is 2.13 bits per heavy atom. The van der Waals surface area contributed by atoms with Crippen LogP contribution < -0.4 is 4.74 Å². The summed E-state index contributed by atoms with van der Waals surface area (Å²) in [4.78, 5) is 5.70. The van der Waals surface area contributed by atoms with Gasteiger partial charge in [0.25, 0.3) is 0 Å². The van der Waals surface area contributed by atoms with E-state index < -0.39 is 0 Å². The van der Waals surface area contributed by atoms with Crippen molar-refractivity contribution in [2.24, 2.45) is 4.99 Å².